The maximum absolute atomic E-state index is 12.3. The van der Waals surface area contributed by atoms with Crippen LogP contribution < -0.4 is 14.9 Å². The Kier molecular flexibility index (Phi) is 6.18. The molecule has 1 aromatic carbocycles. The molecule has 1 aromatic rings. The van der Waals surface area contributed by atoms with E-state index in [0.29, 0.717) is 6.54 Å². The van der Waals surface area contributed by atoms with Crippen LogP contribution in [-0.4, -0.2) is 45.6 Å². The Hall–Kier alpha value is -1.93. The van der Waals surface area contributed by atoms with Gasteiger partial charge in [0.1, 0.15) is 0 Å². The summed E-state index contributed by atoms with van der Waals surface area (Å²) in [6, 6.07) is 5.78. The molecule has 0 bridgehead atoms. The molecule has 2 N–H and O–H groups in total. The quantitative estimate of drug-likeness (QED) is 0.694. The van der Waals surface area contributed by atoms with Crippen molar-refractivity contribution in [3.63, 3.8) is 0 Å². The largest absolute Gasteiger partial charge is 0.354 e. The van der Waals surface area contributed by atoms with Crippen LogP contribution in [0.1, 0.15) is 24.5 Å². The Labute approximate surface area is 148 Å². The second-order valence-corrected chi connectivity index (χ2v) is 8.31. The second kappa shape index (κ2) is 7.97. The number of hydrogen-bond donors (Lipinski definition) is 2. The Morgan fingerprint density at radius 1 is 1.28 bits per heavy atom. The molecular formula is C17H25N3O4S. The van der Waals surface area contributed by atoms with E-state index in [9.17, 15) is 18.0 Å². The van der Waals surface area contributed by atoms with E-state index < -0.39 is 15.9 Å². The first-order valence-electron chi connectivity index (χ1n) is 8.36. The molecule has 0 aliphatic carbocycles. The summed E-state index contributed by atoms with van der Waals surface area (Å²) in [5, 5.41) is 2.70. The first-order chi connectivity index (χ1) is 11.7. The summed E-state index contributed by atoms with van der Waals surface area (Å²) in [5.74, 6) is -0.712. The molecule has 0 radical (unpaired) electrons. The summed E-state index contributed by atoms with van der Waals surface area (Å²) in [7, 11) is -3.26. The van der Waals surface area contributed by atoms with Gasteiger partial charge in [-0.2, -0.15) is 0 Å². The number of anilines is 1. The van der Waals surface area contributed by atoms with Gasteiger partial charge in [-0.25, -0.2) is 13.1 Å². The molecule has 25 heavy (non-hydrogen) atoms. The first-order valence-corrected chi connectivity index (χ1v) is 10.0. The summed E-state index contributed by atoms with van der Waals surface area (Å²) < 4.78 is 25.0. The minimum atomic E-state index is -3.26. The smallest absolute Gasteiger partial charge is 0.227 e. The number of rotatable bonds is 7. The summed E-state index contributed by atoms with van der Waals surface area (Å²) in [5.41, 5.74) is 2.98. The predicted octanol–water partition coefficient (Wildman–Crippen LogP) is 0.712. The fourth-order valence-electron chi connectivity index (χ4n) is 2.78. The van der Waals surface area contributed by atoms with Gasteiger partial charge in [0.2, 0.25) is 21.8 Å². The van der Waals surface area contributed by atoms with Gasteiger partial charge in [0.05, 0.1) is 11.7 Å². The average molecular weight is 367 g/mol. The van der Waals surface area contributed by atoms with E-state index in [4.69, 9.17) is 0 Å². The van der Waals surface area contributed by atoms with Crippen LogP contribution in [0, 0.1) is 19.8 Å². The highest BCUT2D eigenvalue weighted by molar-refractivity contribution is 7.89. The zero-order valence-corrected chi connectivity index (χ0v) is 15.6. The minimum Gasteiger partial charge on any atom is -0.354 e. The summed E-state index contributed by atoms with van der Waals surface area (Å²) in [6.07, 6.45) is 0.167. The molecular weight excluding hydrogens is 342 g/mol. The summed E-state index contributed by atoms with van der Waals surface area (Å²) >= 11 is 0. The van der Waals surface area contributed by atoms with Crippen molar-refractivity contribution in [2.45, 2.75) is 27.2 Å². The van der Waals surface area contributed by atoms with E-state index in [-0.39, 0.29) is 37.1 Å². The zero-order chi connectivity index (χ0) is 18.6. The van der Waals surface area contributed by atoms with Crippen LogP contribution in [0.4, 0.5) is 5.69 Å². The highest BCUT2D eigenvalue weighted by Gasteiger charge is 2.35. The first kappa shape index (κ1) is 19.4. The third-order valence-electron chi connectivity index (χ3n) is 4.49. The molecule has 1 atom stereocenters. The molecule has 1 aliphatic rings. The number of nitrogens with zero attached hydrogens (tertiary/aromatic N) is 1. The van der Waals surface area contributed by atoms with Gasteiger partial charge in [-0.1, -0.05) is 12.1 Å². The van der Waals surface area contributed by atoms with Crippen LogP contribution >= 0.6 is 0 Å². The van der Waals surface area contributed by atoms with Crippen LogP contribution in [0.25, 0.3) is 0 Å². The molecule has 1 fully saturated rings. The molecule has 0 spiro atoms. The normalized spacial score (nSPS) is 17.8. The lowest BCUT2D eigenvalue weighted by Crippen LogP contribution is -2.38. The Morgan fingerprint density at radius 3 is 2.68 bits per heavy atom. The fraction of sp³-hybridized carbons (Fsp3) is 0.529. The van der Waals surface area contributed by atoms with Crippen LogP contribution in [0.15, 0.2) is 18.2 Å². The molecule has 0 saturated carbocycles. The molecule has 1 aliphatic heterocycles. The predicted molar refractivity (Wildman–Crippen MR) is 96.8 cm³/mol. The molecule has 2 rings (SSSR count). The van der Waals surface area contributed by atoms with E-state index in [0.717, 1.165) is 16.8 Å². The Bertz CT molecular complexity index is 761. The summed E-state index contributed by atoms with van der Waals surface area (Å²) in [6.45, 7) is 6.18. The maximum Gasteiger partial charge on any atom is 0.227 e. The van der Waals surface area contributed by atoms with Crippen molar-refractivity contribution in [2.24, 2.45) is 5.92 Å². The van der Waals surface area contributed by atoms with Crippen molar-refractivity contribution in [1.82, 2.24) is 10.0 Å². The number of nitrogens with one attached hydrogen (secondary N) is 2. The van der Waals surface area contributed by atoms with Crippen LogP contribution in [-0.2, 0) is 19.6 Å². The number of aryl methyl sites for hydroxylation is 1. The van der Waals surface area contributed by atoms with E-state index in [1.165, 1.54) is 0 Å². The van der Waals surface area contributed by atoms with Crippen LogP contribution in [0.2, 0.25) is 0 Å². The van der Waals surface area contributed by atoms with Crippen molar-refractivity contribution in [2.75, 3.05) is 30.3 Å². The standard InChI is InChI=1S/C17H25N3O4S/c1-4-25(23,24)19-9-8-18-17(22)14-10-16(21)20(11-14)15-7-5-6-12(2)13(15)3/h5-7,14,19H,4,8-11H2,1-3H3,(H,18,22). The molecule has 2 amide bonds. The zero-order valence-electron chi connectivity index (χ0n) is 14.8. The molecule has 1 saturated heterocycles. The van der Waals surface area contributed by atoms with E-state index in [1.807, 2.05) is 32.0 Å². The monoisotopic (exact) mass is 367 g/mol. The van der Waals surface area contributed by atoms with Crippen molar-refractivity contribution >= 4 is 27.5 Å². The molecule has 1 unspecified atom stereocenters. The lowest BCUT2D eigenvalue weighted by molar-refractivity contribution is -0.126. The van der Waals surface area contributed by atoms with Gasteiger partial charge >= 0.3 is 0 Å². The molecule has 8 heteroatoms. The fourth-order valence-corrected chi connectivity index (χ4v) is 3.40. The van der Waals surface area contributed by atoms with Crippen molar-refractivity contribution in [3.05, 3.63) is 29.3 Å². The van der Waals surface area contributed by atoms with E-state index in [1.54, 1.807) is 11.8 Å². The topological polar surface area (TPSA) is 95.6 Å². The highest BCUT2D eigenvalue weighted by atomic mass is 32.2. The van der Waals surface area contributed by atoms with Gasteiger partial charge < -0.3 is 10.2 Å². The second-order valence-electron chi connectivity index (χ2n) is 6.21. The van der Waals surface area contributed by atoms with Crippen molar-refractivity contribution in [3.8, 4) is 0 Å². The van der Waals surface area contributed by atoms with Gasteiger partial charge in [0.25, 0.3) is 0 Å². The van der Waals surface area contributed by atoms with Gasteiger partial charge in [-0.05, 0) is 38.0 Å². The number of amides is 2. The van der Waals surface area contributed by atoms with Crippen molar-refractivity contribution in [1.29, 1.82) is 0 Å². The van der Waals surface area contributed by atoms with Crippen LogP contribution in [0.5, 0.6) is 0 Å². The molecule has 0 aromatic heterocycles. The van der Waals surface area contributed by atoms with E-state index >= 15 is 0 Å². The average Bonchev–Trinajstić information content (AvgIpc) is 2.96. The van der Waals surface area contributed by atoms with Crippen molar-refractivity contribution < 1.29 is 18.0 Å². The van der Waals surface area contributed by atoms with E-state index in [2.05, 4.69) is 10.0 Å². The molecule has 1 heterocycles. The van der Waals surface area contributed by atoms with Gasteiger partial charge in [-0.3, -0.25) is 9.59 Å². The third-order valence-corrected chi connectivity index (χ3v) is 5.89. The van der Waals surface area contributed by atoms with Crippen LogP contribution in [0.3, 0.4) is 0 Å². The summed E-state index contributed by atoms with van der Waals surface area (Å²) in [4.78, 5) is 26.2. The third kappa shape index (κ3) is 4.79. The number of hydrogen-bond acceptors (Lipinski definition) is 4. The minimum absolute atomic E-state index is 0.00285. The van der Waals surface area contributed by atoms with Gasteiger partial charge in [0.15, 0.2) is 0 Å². The molecule has 138 valence electrons. The number of benzene rings is 1. The highest BCUT2D eigenvalue weighted by Crippen LogP contribution is 2.29. The Morgan fingerprint density at radius 2 is 2.00 bits per heavy atom. The number of carbonyl (C=O) groups is 2. The lowest BCUT2D eigenvalue weighted by atomic mass is 10.1. The number of carbonyl (C=O) groups excluding carboxylic acids is 2. The Balaban J connectivity index is 1.91. The lowest BCUT2D eigenvalue weighted by Gasteiger charge is -2.20. The SMILES string of the molecule is CCS(=O)(=O)NCCNC(=O)C1CC(=O)N(c2cccc(C)c2C)C1. The number of sulfonamides is 1. The van der Waals surface area contributed by atoms with Gasteiger partial charge in [0, 0.05) is 31.7 Å². The molecule has 7 nitrogen and oxygen atoms in total. The van der Waals surface area contributed by atoms with Gasteiger partial charge in [-0.15, -0.1) is 0 Å². The maximum atomic E-state index is 12.3.